The van der Waals surface area contributed by atoms with E-state index in [1.54, 1.807) is 0 Å². The molecule has 0 radical (unpaired) electrons. The maximum absolute atomic E-state index is 11.7. The summed E-state index contributed by atoms with van der Waals surface area (Å²) >= 11 is 1.45. The van der Waals surface area contributed by atoms with Gasteiger partial charge in [-0.15, -0.1) is 11.3 Å². The molecule has 0 spiro atoms. The molecule has 1 heterocycles. The molecule has 2 atom stereocenters. The van der Waals surface area contributed by atoms with Crippen molar-refractivity contribution in [2.45, 2.75) is 25.3 Å². The van der Waals surface area contributed by atoms with Gasteiger partial charge in [-0.2, -0.15) is 0 Å². The van der Waals surface area contributed by atoms with Crippen LogP contribution in [0.5, 0.6) is 0 Å². The van der Waals surface area contributed by atoms with E-state index in [1.807, 2.05) is 17.5 Å². The SMILES string of the molecule is O=C(NC1CCCC1CO)c1cccs1. The molecule has 4 heteroatoms. The molecule has 2 unspecified atom stereocenters. The van der Waals surface area contributed by atoms with E-state index < -0.39 is 0 Å². The zero-order valence-electron chi connectivity index (χ0n) is 8.48. The van der Waals surface area contributed by atoms with Gasteiger partial charge in [0.25, 0.3) is 5.91 Å². The van der Waals surface area contributed by atoms with Crippen LogP contribution in [0.25, 0.3) is 0 Å². The first-order valence-electron chi connectivity index (χ1n) is 5.26. The van der Waals surface area contributed by atoms with Crippen LogP contribution in [0, 0.1) is 5.92 Å². The molecule has 1 amide bonds. The van der Waals surface area contributed by atoms with Crippen LogP contribution < -0.4 is 5.32 Å². The Labute approximate surface area is 93.1 Å². The van der Waals surface area contributed by atoms with Crippen molar-refractivity contribution in [3.05, 3.63) is 22.4 Å². The second kappa shape index (κ2) is 4.77. The van der Waals surface area contributed by atoms with Crippen molar-refractivity contribution in [2.75, 3.05) is 6.61 Å². The highest BCUT2D eigenvalue weighted by atomic mass is 32.1. The van der Waals surface area contributed by atoms with Gasteiger partial charge in [0.05, 0.1) is 4.88 Å². The van der Waals surface area contributed by atoms with Gasteiger partial charge in [-0.3, -0.25) is 4.79 Å². The zero-order chi connectivity index (χ0) is 10.7. The number of carbonyl (C=O) groups excluding carboxylic acids is 1. The minimum atomic E-state index is -0.00431. The van der Waals surface area contributed by atoms with Gasteiger partial charge >= 0.3 is 0 Å². The first-order valence-corrected chi connectivity index (χ1v) is 6.14. The molecular weight excluding hydrogens is 210 g/mol. The van der Waals surface area contributed by atoms with Gasteiger partial charge in [0, 0.05) is 18.6 Å². The second-order valence-electron chi connectivity index (χ2n) is 3.93. The summed E-state index contributed by atoms with van der Waals surface area (Å²) in [5.41, 5.74) is 0. The molecular formula is C11H15NO2S. The average molecular weight is 225 g/mol. The van der Waals surface area contributed by atoms with E-state index in [9.17, 15) is 4.79 Å². The predicted octanol–water partition coefficient (Wildman–Crippen LogP) is 1.64. The third-order valence-corrected chi connectivity index (χ3v) is 3.82. The summed E-state index contributed by atoms with van der Waals surface area (Å²) < 4.78 is 0. The molecule has 0 saturated heterocycles. The summed E-state index contributed by atoms with van der Waals surface area (Å²) in [5, 5.41) is 14.0. The third kappa shape index (κ3) is 2.38. The maximum Gasteiger partial charge on any atom is 0.261 e. The van der Waals surface area contributed by atoms with Gasteiger partial charge in [0.2, 0.25) is 0 Å². The van der Waals surface area contributed by atoms with Crippen molar-refractivity contribution in [3.8, 4) is 0 Å². The molecule has 0 aliphatic heterocycles. The zero-order valence-corrected chi connectivity index (χ0v) is 9.30. The summed E-state index contributed by atoms with van der Waals surface area (Å²) in [4.78, 5) is 12.5. The molecule has 1 aromatic heterocycles. The summed E-state index contributed by atoms with van der Waals surface area (Å²) in [7, 11) is 0. The van der Waals surface area contributed by atoms with E-state index in [4.69, 9.17) is 5.11 Å². The minimum absolute atomic E-state index is 0.00431. The minimum Gasteiger partial charge on any atom is -0.396 e. The van der Waals surface area contributed by atoms with Crippen LogP contribution in [-0.4, -0.2) is 23.7 Å². The molecule has 0 aromatic carbocycles. The first-order chi connectivity index (χ1) is 7.31. The number of amides is 1. The lowest BCUT2D eigenvalue weighted by molar-refractivity contribution is 0.0920. The fourth-order valence-electron chi connectivity index (χ4n) is 2.09. The standard InChI is InChI=1S/C11H15NO2S/c13-7-8-3-1-4-9(8)12-11(14)10-5-2-6-15-10/h2,5-6,8-9,13H,1,3-4,7H2,(H,12,14). The first kappa shape index (κ1) is 10.6. The lowest BCUT2D eigenvalue weighted by Crippen LogP contribution is -2.38. The quantitative estimate of drug-likeness (QED) is 0.821. The molecule has 82 valence electrons. The Hall–Kier alpha value is -0.870. The topological polar surface area (TPSA) is 49.3 Å². The number of nitrogens with one attached hydrogen (secondary N) is 1. The fourth-order valence-corrected chi connectivity index (χ4v) is 2.72. The van der Waals surface area contributed by atoms with Gasteiger partial charge in [-0.05, 0) is 24.3 Å². The van der Waals surface area contributed by atoms with Crippen molar-refractivity contribution in [1.29, 1.82) is 0 Å². The van der Waals surface area contributed by atoms with Crippen LogP contribution in [0.4, 0.5) is 0 Å². The molecule has 15 heavy (non-hydrogen) atoms. The maximum atomic E-state index is 11.7. The molecule has 1 aromatic rings. The Balaban J connectivity index is 1.94. The van der Waals surface area contributed by atoms with Crippen LogP contribution >= 0.6 is 11.3 Å². The third-order valence-electron chi connectivity index (χ3n) is 2.96. The average Bonchev–Trinajstić information content (AvgIpc) is 2.87. The molecule has 1 aliphatic carbocycles. The highest BCUT2D eigenvalue weighted by Gasteiger charge is 2.28. The van der Waals surface area contributed by atoms with Gasteiger partial charge in [0.1, 0.15) is 0 Å². The van der Waals surface area contributed by atoms with Crippen molar-refractivity contribution in [3.63, 3.8) is 0 Å². The van der Waals surface area contributed by atoms with Crippen LogP contribution in [0.2, 0.25) is 0 Å². The molecule has 1 saturated carbocycles. The Kier molecular flexibility index (Phi) is 3.38. The van der Waals surface area contributed by atoms with Gasteiger partial charge in [-0.25, -0.2) is 0 Å². The van der Waals surface area contributed by atoms with Gasteiger partial charge in [0.15, 0.2) is 0 Å². The van der Waals surface area contributed by atoms with Crippen molar-refractivity contribution < 1.29 is 9.90 Å². The molecule has 3 nitrogen and oxygen atoms in total. The summed E-state index contributed by atoms with van der Waals surface area (Å²) in [5.74, 6) is 0.240. The van der Waals surface area contributed by atoms with Gasteiger partial charge in [-0.1, -0.05) is 12.5 Å². The van der Waals surface area contributed by atoms with E-state index >= 15 is 0 Å². The highest BCUT2D eigenvalue weighted by molar-refractivity contribution is 7.12. The normalized spacial score (nSPS) is 25.4. The van der Waals surface area contributed by atoms with E-state index in [1.165, 1.54) is 11.3 Å². The number of hydrogen-bond acceptors (Lipinski definition) is 3. The van der Waals surface area contributed by atoms with E-state index in [0.29, 0.717) is 0 Å². The van der Waals surface area contributed by atoms with E-state index in [0.717, 1.165) is 24.1 Å². The largest absolute Gasteiger partial charge is 0.396 e. The number of rotatable bonds is 3. The lowest BCUT2D eigenvalue weighted by atomic mass is 10.1. The van der Waals surface area contributed by atoms with Gasteiger partial charge < -0.3 is 10.4 Å². The molecule has 0 bridgehead atoms. The number of carbonyl (C=O) groups is 1. The monoisotopic (exact) mass is 225 g/mol. The smallest absolute Gasteiger partial charge is 0.261 e. The molecule has 1 aliphatic rings. The van der Waals surface area contributed by atoms with Crippen molar-refractivity contribution >= 4 is 17.2 Å². The lowest BCUT2D eigenvalue weighted by Gasteiger charge is -2.18. The summed E-state index contributed by atoms with van der Waals surface area (Å²) in [6.07, 6.45) is 3.11. The number of hydrogen-bond donors (Lipinski definition) is 2. The Morgan fingerprint density at radius 1 is 1.60 bits per heavy atom. The number of aliphatic hydroxyl groups excluding tert-OH is 1. The number of thiophene rings is 1. The van der Waals surface area contributed by atoms with E-state index in [-0.39, 0.29) is 24.5 Å². The molecule has 2 N–H and O–H groups in total. The molecule has 1 fully saturated rings. The predicted molar refractivity (Wildman–Crippen MR) is 60.0 cm³/mol. The second-order valence-corrected chi connectivity index (χ2v) is 4.88. The Bertz CT molecular complexity index is 323. The van der Waals surface area contributed by atoms with Crippen LogP contribution in [0.3, 0.4) is 0 Å². The van der Waals surface area contributed by atoms with Crippen LogP contribution in [-0.2, 0) is 0 Å². The highest BCUT2D eigenvalue weighted by Crippen LogP contribution is 2.25. The molecule has 2 rings (SSSR count). The summed E-state index contributed by atoms with van der Waals surface area (Å²) in [6.45, 7) is 0.176. The fraction of sp³-hybridized carbons (Fsp3) is 0.545. The Morgan fingerprint density at radius 3 is 3.13 bits per heavy atom. The summed E-state index contributed by atoms with van der Waals surface area (Å²) in [6, 6.07) is 3.85. The van der Waals surface area contributed by atoms with Crippen molar-refractivity contribution in [1.82, 2.24) is 5.32 Å². The van der Waals surface area contributed by atoms with E-state index in [2.05, 4.69) is 5.32 Å². The Morgan fingerprint density at radius 2 is 2.47 bits per heavy atom. The van der Waals surface area contributed by atoms with Crippen LogP contribution in [0.1, 0.15) is 28.9 Å². The van der Waals surface area contributed by atoms with Crippen molar-refractivity contribution in [2.24, 2.45) is 5.92 Å². The van der Waals surface area contributed by atoms with Crippen LogP contribution in [0.15, 0.2) is 17.5 Å². The number of aliphatic hydroxyl groups is 1.